The first-order valence-corrected chi connectivity index (χ1v) is 11.7. The highest BCUT2D eigenvalue weighted by Crippen LogP contribution is 2.44. The van der Waals surface area contributed by atoms with Gasteiger partial charge < -0.3 is 15.1 Å². The first-order valence-electron chi connectivity index (χ1n) is 11.7. The number of carbonyl (C=O) groups is 1. The van der Waals surface area contributed by atoms with Crippen LogP contribution in [-0.4, -0.2) is 45.9 Å². The van der Waals surface area contributed by atoms with Crippen LogP contribution in [0.3, 0.4) is 0 Å². The van der Waals surface area contributed by atoms with E-state index >= 15 is 0 Å². The Hall–Kier alpha value is -2.52. The van der Waals surface area contributed by atoms with Crippen molar-refractivity contribution >= 4 is 5.91 Å². The molecule has 2 aromatic rings. The zero-order valence-electron chi connectivity index (χ0n) is 19.3. The van der Waals surface area contributed by atoms with E-state index < -0.39 is 28.8 Å². The van der Waals surface area contributed by atoms with E-state index in [1.54, 1.807) is 4.90 Å². The second-order valence-electron chi connectivity index (χ2n) is 9.88. The number of halogens is 5. The highest BCUT2D eigenvalue weighted by Gasteiger charge is 2.51. The van der Waals surface area contributed by atoms with Crippen LogP contribution in [0.4, 0.5) is 22.0 Å². The van der Waals surface area contributed by atoms with E-state index in [9.17, 15) is 37.0 Å². The van der Waals surface area contributed by atoms with E-state index in [1.165, 1.54) is 24.3 Å². The summed E-state index contributed by atoms with van der Waals surface area (Å²) in [5, 5.41) is 20.0. The average Bonchev–Trinajstić information content (AvgIpc) is 3.64. The smallest absolute Gasteiger partial charge is 0.395 e. The summed E-state index contributed by atoms with van der Waals surface area (Å²) in [7, 11) is 0. The fraction of sp³-hybridized carbons (Fsp3) is 0.500. The molecule has 0 aliphatic heterocycles. The van der Waals surface area contributed by atoms with Gasteiger partial charge in [0.1, 0.15) is 11.6 Å². The van der Waals surface area contributed by atoms with Crippen molar-refractivity contribution in [3.63, 3.8) is 0 Å². The van der Waals surface area contributed by atoms with Gasteiger partial charge in [-0.3, -0.25) is 4.79 Å². The lowest BCUT2D eigenvalue weighted by Crippen LogP contribution is -2.47. The highest BCUT2D eigenvalue weighted by atomic mass is 19.4. The first kappa shape index (κ1) is 25.6. The fourth-order valence-electron chi connectivity index (χ4n) is 5.10. The van der Waals surface area contributed by atoms with Gasteiger partial charge in [0.25, 0.3) is 5.91 Å². The van der Waals surface area contributed by atoms with Crippen LogP contribution >= 0.6 is 0 Å². The summed E-state index contributed by atoms with van der Waals surface area (Å²) in [6, 6.07) is 8.00. The molecule has 0 heterocycles. The minimum atomic E-state index is -4.86. The lowest BCUT2D eigenvalue weighted by molar-refractivity contribution is -0.258. The number of hydrogen-bond donors (Lipinski definition) is 2. The molecule has 2 fully saturated rings. The molecule has 9 heteroatoms. The Labute approximate surface area is 200 Å². The summed E-state index contributed by atoms with van der Waals surface area (Å²) in [5.74, 6) is -1.70. The molecule has 0 radical (unpaired) electrons. The van der Waals surface area contributed by atoms with Crippen molar-refractivity contribution in [1.29, 1.82) is 0 Å². The summed E-state index contributed by atoms with van der Waals surface area (Å²) in [4.78, 5) is 15.1. The number of rotatable bonds is 6. The van der Waals surface area contributed by atoms with Crippen LogP contribution in [0.5, 0.6) is 0 Å². The van der Waals surface area contributed by atoms with E-state index in [1.807, 2.05) is 0 Å². The molecular weight excluding hydrogens is 469 g/mol. The van der Waals surface area contributed by atoms with E-state index in [2.05, 4.69) is 0 Å². The first-order chi connectivity index (χ1) is 16.4. The van der Waals surface area contributed by atoms with Gasteiger partial charge in [0, 0.05) is 29.1 Å². The molecule has 4 rings (SSSR count). The molecule has 4 nitrogen and oxygen atoms in total. The third-order valence-corrected chi connectivity index (χ3v) is 7.53. The van der Waals surface area contributed by atoms with Crippen LogP contribution < -0.4 is 0 Å². The fourth-order valence-corrected chi connectivity index (χ4v) is 5.10. The molecule has 2 aliphatic rings. The second-order valence-corrected chi connectivity index (χ2v) is 9.88. The van der Waals surface area contributed by atoms with Crippen LogP contribution in [0.25, 0.3) is 0 Å². The lowest BCUT2D eigenvalue weighted by atomic mass is 9.68. The molecule has 2 aliphatic carbocycles. The third kappa shape index (κ3) is 4.80. The Kier molecular flexibility index (Phi) is 6.70. The van der Waals surface area contributed by atoms with Crippen LogP contribution in [0.1, 0.15) is 66.9 Å². The summed E-state index contributed by atoms with van der Waals surface area (Å²) >= 11 is 0. The molecule has 1 atom stereocenters. The van der Waals surface area contributed by atoms with Gasteiger partial charge >= 0.3 is 6.18 Å². The van der Waals surface area contributed by atoms with Gasteiger partial charge in [-0.25, -0.2) is 8.78 Å². The van der Waals surface area contributed by atoms with E-state index in [0.717, 1.165) is 31.0 Å². The zero-order chi connectivity index (χ0) is 25.6. The maximum Gasteiger partial charge on any atom is 0.421 e. The molecule has 2 N–H and O–H groups in total. The van der Waals surface area contributed by atoms with Gasteiger partial charge in [-0.2, -0.15) is 13.2 Å². The van der Waals surface area contributed by atoms with Crippen molar-refractivity contribution in [2.45, 2.75) is 74.7 Å². The number of alkyl halides is 3. The number of aliphatic hydroxyl groups is 2. The minimum Gasteiger partial charge on any atom is -0.395 e. The Bertz CT molecular complexity index is 1070. The zero-order valence-corrected chi connectivity index (χ0v) is 19.3. The quantitative estimate of drug-likeness (QED) is 0.539. The van der Waals surface area contributed by atoms with Gasteiger partial charge in [-0.1, -0.05) is 18.2 Å². The molecule has 2 saturated carbocycles. The molecule has 0 unspecified atom stereocenters. The van der Waals surface area contributed by atoms with Crippen LogP contribution in [-0.2, 0) is 11.0 Å². The van der Waals surface area contributed by atoms with Crippen LogP contribution in [0.15, 0.2) is 42.5 Å². The second kappa shape index (κ2) is 9.17. The van der Waals surface area contributed by atoms with E-state index in [-0.39, 0.29) is 41.3 Å². The van der Waals surface area contributed by atoms with Crippen molar-refractivity contribution in [1.82, 2.24) is 4.90 Å². The Morgan fingerprint density at radius 2 is 1.57 bits per heavy atom. The monoisotopic (exact) mass is 497 g/mol. The van der Waals surface area contributed by atoms with Crippen molar-refractivity contribution in [3.05, 3.63) is 70.8 Å². The van der Waals surface area contributed by atoms with Crippen molar-refractivity contribution in [2.24, 2.45) is 0 Å². The van der Waals surface area contributed by atoms with Crippen molar-refractivity contribution < 1.29 is 37.0 Å². The summed E-state index contributed by atoms with van der Waals surface area (Å²) in [5.41, 5.74) is -3.76. The van der Waals surface area contributed by atoms with Crippen LogP contribution in [0, 0.1) is 11.6 Å². The number of hydrogen-bond acceptors (Lipinski definition) is 3. The molecule has 35 heavy (non-hydrogen) atoms. The van der Waals surface area contributed by atoms with E-state index in [0.29, 0.717) is 32.6 Å². The molecular formula is C26H28F5NO3. The Balaban J connectivity index is 1.52. The third-order valence-electron chi connectivity index (χ3n) is 7.53. The molecule has 0 aromatic heterocycles. The standard InChI is InChI=1S/C26H28F5NO3/c1-24(35,26(29,30)31)17-4-2-16(3-5-17)23(34)32(19-7-8-19)20-10-12-25(15-33,13-11-20)21-9-6-18(27)14-22(21)28/h2-6,9,14,19-20,33,35H,7-8,10-13,15H2,1H3/t20-,24-,25+/m0/s1. The van der Waals surface area contributed by atoms with Gasteiger partial charge in [-0.05, 0) is 74.8 Å². The number of carbonyl (C=O) groups excluding carboxylic acids is 1. The number of aliphatic hydroxyl groups excluding tert-OH is 1. The number of benzene rings is 2. The van der Waals surface area contributed by atoms with Crippen LogP contribution in [0.2, 0.25) is 0 Å². The maximum absolute atomic E-state index is 14.5. The summed E-state index contributed by atoms with van der Waals surface area (Å²) in [6.45, 7) is 0.361. The predicted molar refractivity (Wildman–Crippen MR) is 119 cm³/mol. The molecule has 0 bridgehead atoms. The topological polar surface area (TPSA) is 60.8 Å². The SMILES string of the molecule is C[C@](O)(c1ccc(C(=O)N(C2CC2)[C@H]2CC[C@@](CO)(c3ccc(F)cc3F)CC2)cc1)C(F)(F)F. The highest BCUT2D eigenvalue weighted by molar-refractivity contribution is 5.95. The number of nitrogens with zero attached hydrogens (tertiary/aromatic N) is 1. The van der Waals surface area contributed by atoms with Gasteiger partial charge in [0.15, 0.2) is 5.60 Å². The molecule has 190 valence electrons. The normalized spacial score (nSPS) is 24.6. The van der Waals surface area contributed by atoms with Crippen molar-refractivity contribution in [2.75, 3.05) is 6.61 Å². The lowest BCUT2D eigenvalue weighted by Gasteiger charge is -2.43. The number of amides is 1. The van der Waals surface area contributed by atoms with Gasteiger partial charge in [0.05, 0.1) is 6.61 Å². The van der Waals surface area contributed by atoms with Gasteiger partial charge in [0.2, 0.25) is 0 Å². The largest absolute Gasteiger partial charge is 0.421 e. The van der Waals surface area contributed by atoms with Crippen molar-refractivity contribution in [3.8, 4) is 0 Å². The van der Waals surface area contributed by atoms with E-state index in [4.69, 9.17) is 0 Å². The maximum atomic E-state index is 14.5. The summed E-state index contributed by atoms with van der Waals surface area (Å²) < 4.78 is 67.3. The molecule has 0 saturated heterocycles. The Morgan fingerprint density at radius 3 is 2.06 bits per heavy atom. The molecule has 0 spiro atoms. The predicted octanol–water partition coefficient (Wildman–Crippen LogP) is 5.21. The Morgan fingerprint density at radius 1 is 1.00 bits per heavy atom. The summed E-state index contributed by atoms with van der Waals surface area (Å²) in [6.07, 6.45) is -1.41. The minimum absolute atomic E-state index is 0.0228. The average molecular weight is 498 g/mol. The molecule has 2 aromatic carbocycles. The molecule has 1 amide bonds. The van der Waals surface area contributed by atoms with Gasteiger partial charge in [-0.15, -0.1) is 0 Å².